The third kappa shape index (κ3) is 3.46. The number of fused-ring (bicyclic) bond motifs is 5. The van der Waals surface area contributed by atoms with E-state index in [1.807, 2.05) is 0 Å². The van der Waals surface area contributed by atoms with Gasteiger partial charge in [-0.15, -0.1) is 0 Å². The Hall–Kier alpha value is -0.610. The largest absolute Gasteiger partial charge is 0.469 e. The van der Waals surface area contributed by atoms with Crippen molar-refractivity contribution in [3.05, 3.63) is 0 Å². The first-order valence-corrected chi connectivity index (χ1v) is 12.1. The normalized spacial score (nSPS) is 50.2. The number of hydrogen-bond donors (Lipinski definition) is 2. The van der Waals surface area contributed by atoms with Crippen molar-refractivity contribution < 1.29 is 19.7 Å². The first kappa shape index (κ1) is 21.6. The van der Waals surface area contributed by atoms with Crippen molar-refractivity contribution in [1.29, 1.82) is 0 Å². The number of aliphatic hydroxyl groups excluding tert-OH is 2. The summed E-state index contributed by atoms with van der Waals surface area (Å²) in [5.41, 5.74) is 0.577. The molecular formula is C25H42O4. The van der Waals surface area contributed by atoms with E-state index >= 15 is 0 Å². The van der Waals surface area contributed by atoms with Gasteiger partial charge in [-0.2, -0.15) is 0 Å². The Morgan fingerprint density at radius 3 is 2.45 bits per heavy atom. The van der Waals surface area contributed by atoms with E-state index < -0.39 is 0 Å². The lowest BCUT2D eigenvalue weighted by Crippen LogP contribution is -2.58. The maximum atomic E-state index is 11.6. The van der Waals surface area contributed by atoms with E-state index in [0.717, 1.165) is 32.1 Å². The molecule has 0 amide bonds. The van der Waals surface area contributed by atoms with Crippen LogP contribution >= 0.6 is 0 Å². The van der Waals surface area contributed by atoms with Crippen LogP contribution < -0.4 is 0 Å². The molecular weight excluding hydrogens is 364 g/mol. The van der Waals surface area contributed by atoms with Crippen LogP contribution in [0, 0.1) is 46.3 Å². The molecule has 166 valence electrons. The quantitative estimate of drug-likeness (QED) is 0.671. The highest BCUT2D eigenvalue weighted by Gasteiger charge is 2.62. The standard InChI is InChI=1S/C25H42O4/c1-15(5-8-22(28)29-4)18-6-7-19-23-20(10-12-25(18,19)3)24(2)11-9-17(26)13-16(24)14-21(23)27/h15-21,23,26-27H,5-14H2,1-4H3/t15-,16-,17+,18-,19+,20+,21-,23+,24+,25-/m1/s1. The number of carbonyl (C=O) groups excluding carboxylic acids is 1. The van der Waals surface area contributed by atoms with E-state index in [1.54, 1.807) is 0 Å². The van der Waals surface area contributed by atoms with E-state index in [-0.39, 0.29) is 23.6 Å². The van der Waals surface area contributed by atoms with Gasteiger partial charge in [0.05, 0.1) is 19.3 Å². The van der Waals surface area contributed by atoms with Crippen LogP contribution in [0.25, 0.3) is 0 Å². The third-order valence-corrected chi connectivity index (χ3v) is 10.4. The molecule has 4 nitrogen and oxygen atoms in total. The van der Waals surface area contributed by atoms with Crippen LogP contribution in [0.1, 0.15) is 85.0 Å². The van der Waals surface area contributed by atoms with E-state index in [4.69, 9.17) is 4.74 Å². The number of carbonyl (C=O) groups is 1. The summed E-state index contributed by atoms with van der Waals surface area (Å²) in [7, 11) is 1.48. The summed E-state index contributed by atoms with van der Waals surface area (Å²) >= 11 is 0. The molecule has 4 aliphatic carbocycles. The molecule has 4 rings (SSSR count). The van der Waals surface area contributed by atoms with Gasteiger partial charge in [0.15, 0.2) is 0 Å². The molecule has 29 heavy (non-hydrogen) atoms. The number of ether oxygens (including phenoxy) is 1. The van der Waals surface area contributed by atoms with E-state index in [0.29, 0.717) is 47.3 Å². The smallest absolute Gasteiger partial charge is 0.305 e. The second-order valence-electron chi connectivity index (χ2n) is 11.5. The van der Waals surface area contributed by atoms with Gasteiger partial charge < -0.3 is 14.9 Å². The van der Waals surface area contributed by atoms with Crippen molar-refractivity contribution in [3.63, 3.8) is 0 Å². The number of rotatable bonds is 4. The van der Waals surface area contributed by atoms with Crippen LogP contribution in [0.5, 0.6) is 0 Å². The van der Waals surface area contributed by atoms with Crippen LogP contribution in [0.3, 0.4) is 0 Å². The molecule has 4 fully saturated rings. The second kappa shape index (κ2) is 7.82. The Kier molecular flexibility index (Phi) is 5.83. The maximum absolute atomic E-state index is 11.6. The van der Waals surface area contributed by atoms with Crippen LogP contribution in [0.2, 0.25) is 0 Å². The summed E-state index contributed by atoms with van der Waals surface area (Å²) in [4.78, 5) is 11.6. The zero-order valence-corrected chi connectivity index (χ0v) is 18.9. The third-order valence-electron chi connectivity index (χ3n) is 10.4. The molecule has 0 radical (unpaired) electrons. The molecule has 0 heterocycles. The van der Waals surface area contributed by atoms with Crippen molar-refractivity contribution >= 4 is 5.97 Å². The van der Waals surface area contributed by atoms with Gasteiger partial charge in [0, 0.05) is 6.42 Å². The van der Waals surface area contributed by atoms with Gasteiger partial charge >= 0.3 is 5.97 Å². The van der Waals surface area contributed by atoms with E-state index in [2.05, 4.69) is 20.8 Å². The number of methoxy groups -OCH3 is 1. The highest BCUT2D eigenvalue weighted by molar-refractivity contribution is 5.69. The molecule has 0 aromatic carbocycles. The molecule has 0 spiro atoms. The van der Waals surface area contributed by atoms with Gasteiger partial charge in [0.25, 0.3) is 0 Å². The summed E-state index contributed by atoms with van der Waals surface area (Å²) in [6.45, 7) is 7.29. The summed E-state index contributed by atoms with van der Waals surface area (Å²) < 4.78 is 4.86. The van der Waals surface area contributed by atoms with E-state index in [1.165, 1.54) is 32.8 Å². The summed E-state index contributed by atoms with van der Waals surface area (Å²) in [6, 6.07) is 0. The molecule has 4 saturated carbocycles. The molecule has 2 N–H and O–H groups in total. The number of aliphatic hydroxyl groups is 2. The van der Waals surface area contributed by atoms with Crippen molar-refractivity contribution in [2.24, 2.45) is 46.3 Å². The first-order valence-electron chi connectivity index (χ1n) is 12.1. The molecule has 4 aliphatic rings. The summed E-state index contributed by atoms with van der Waals surface area (Å²) in [5.74, 6) is 3.17. The molecule has 0 aromatic heterocycles. The highest BCUT2D eigenvalue weighted by atomic mass is 16.5. The van der Waals surface area contributed by atoms with Gasteiger partial charge in [-0.25, -0.2) is 0 Å². The van der Waals surface area contributed by atoms with Crippen LogP contribution in [-0.4, -0.2) is 35.5 Å². The van der Waals surface area contributed by atoms with Gasteiger partial charge in [-0.05, 0) is 104 Å². The molecule has 0 aliphatic heterocycles. The average Bonchev–Trinajstić information content (AvgIpc) is 3.04. The minimum absolute atomic E-state index is 0.0959. The Morgan fingerprint density at radius 1 is 1.03 bits per heavy atom. The second-order valence-corrected chi connectivity index (χ2v) is 11.5. The van der Waals surface area contributed by atoms with Crippen LogP contribution in [-0.2, 0) is 9.53 Å². The molecule has 4 heteroatoms. The Morgan fingerprint density at radius 2 is 1.72 bits per heavy atom. The van der Waals surface area contributed by atoms with E-state index in [9.17, 15) is 15.0 Å². The first-order chi connectivity index (χ1) is 13.7. The van der Waals surface area contributed by atoms with Crippen molar-refractivity contribution in [2.75, 3.05) is 7.11 Å². The Bertz CT molecular complexity index is 620. The lowest BCUT2D eigenvalue weighted by atomic mass is 9.43. The number of esters is 1. The fourth-order valence-corrected chi connectivity index (χ4v) is 8.82. The average molecular weight is 407 g/mol. The van der Waals surface area contributed by atoms with Crippen molar-refractivity contribution in [1.82, 2.24) is 0 Å². The monoisotopic (exact) mass is 406 g/mol. The SMILES string of the molecule is COC(=O)CC[C@@H](C)[C@H]1CC[C@H]2[C@@H]3[C@H](O)C[C@H]4C[C@@H](O)CC[C@]4(C)[C@H]3CC[C@]12C. The summed E-state index contributed by atoms with van der Waals surface area (Å²) in [6.07, 6.45) is 9.80. The lowest BCUT2D eigenvalue weighted by molar-refractivity contribution is -0.174. The molecule has 10 atom stereocenters. The van der Waals surface area contributed by atoms with Crippen molar-refractivity contribution in [2.45, 2.75) is 97.2 Å². The minimum atomic E-state index is -0.211. The van der Waals surface area contributed by atoms with Gasteiger partial charge in [-0.3, -0.25) is 4.79 Å². The molecule has 0 unspecified atom stereocenters. The van der Waals surface area contributed by atoms with Crippen LogP contribution in [0.4, 0.5) is 0 Å². The predicted octanol–water partition coefficient (Wildman–Crippen LogP) is 4.57. The summed E-state index contributed by atoms with van der Waals surface area (Å²) in [5, 5.41) is 21.5. The van der Waals surface area contributed by atoms with Gasteiger partial charge in [0.1, 0.15) is 0 Å². The fraction of sp³-hybridized carbons (Fsp3) is 0.960. The minimum Gasteiger partial charge on any atom is -0.469 e. The zero-order chi connectivity index (χ0) is 21.0. The predicted molar refractivity (Wildman–Crippen MR) is 113 cm³/mol. The topological polar surface area (TPSA) is 66.8 Å². The van der Waals surface area contributed by atoms with Gasteiger partial charge in [0.2, 0.25) is 0 Å². The number of hydrogen-bond acceptors (Lipinski definition) is 4. The molecule has 0 aromatic rings. The maximum Gasteiger partial charge on any atom is 0.305 e. The Balaban J connectivity index is 1.53. The lowest BCUT2D eigenvalue weighted by Gasteiger charge is -2.62. The Labute approximate surface area is 176 Å². The zero-order valence-electron chi connectivity index (χ0n) is 18.9. The molecule has 0 saturated heterocycles. The van der Waals surface area contributed by atoms with Gasteiger partial charge in [-0.1, -0.05) is 20.8 Å². The van der Waals surface area contributed by atoms with Crippen LogP contribution in [0.15, 0.2) is 0 Å². The molecule has 0 bridgehead atoms. The highest BCUT2D eigenvalue weighted by Crippen LogP contribution is 2.68. The van der Waals surface area contributed by atoms with Crippen molar-refractivity contribution in [3.8, 4) is 0 Å². The fourth-order valence-electron chi connectivity index (χ4n) is 8.82.